The van der Waals surface area contributed by atoms with E-state index >= 15 is 0 Å². The van der Waals surface area contributed by atoms with Gasteiger partial charge in [0, 0.05) is 12.8 Å². The van der Waals surface area contributed by atoms with Crippen LogP contribution < -0.4 is 5.32 Å². The van der Waals surface area contributed by atoms with Crippen molar-refractivity contribution in [1.29, 1.82) is 0 Å². The third kappa shape index (κ3) is 15.4. The third-order valence-corrected chi connectivity index (χ3v) is 3.95. The Labute approximate surface area is 150 Å². The summed E-state index contributed by atoms with van der Waals surface area (Å²) in [6.45, 7) is 2.19. The molecule has 25 heavy (non-hydrogen) atoms. The zero-order valence-electron chi connectivity index (χ0n) is 15.3. The van der Waals surface area contributed by atoms with E-state index in [1.165, 1.54) is 12.8 Å². The molecule has 0 aromatic heterocycles. The number of carbonyl (C=O) groups is 3. The number of rotatable bonds is 16. The van der Waals surface area contributed by atoms with Gasteiger partial charge in [0.1, 0.15) is 6.04 Å². The lowest BCUT2D eigenvalue weighted by Crippen LogP contribution is -2.41. The van der Waals surface area contributed by atoms with E-state index in [4.69, 9.17) is 10.2 Å². The van der Waals surface area contributed by atoms with Gasteiger partial charge in [0.15, 0.2) is 0 Å². The SMILES string of the molecule is CCCC/C=C\CCCCCCCC(=O)N[C@@H](CCC(=O)O)C(=O)O. The summed E-state index contributed by atoms with van der Waals surface area (Å²) in [5, 5.41) is 20.0. The summed E-state index contributed by atoms with van der Waals surface area (Å²) < 4.78 is 0. The predicted molar refractivity (Wildman–Crippen MR) is 97.4 cm³/mol. The number of carbonyl (C=O) groups excluding carboxylic acids is 1. The summed E-state index contributed by atoms with van der Waals surface area (Å²) in [5.41, 5.74) is 0. The molecule has 0 radical (unpaired) electrons. The van der Waals surface area contributed by atoms with Crippen LogP contribution in [0, 0.1) is 0 Å². The van der Waals surface area contributed by atoms with Crippen LogP contribution in [-0.4, -0.2) is 34.1 Å². The Bertz CT molecular complexity index is 420. The summed E-state index contributed by atoms with van der Waals surface area (Å²) in [6, 6.07) is -1.12. The average Bonchev–Trinajstić information content (AvgIpc) is 2.56. The predicted octanol–water partition coefficient (Wildman–Crippen LogP) is 3.90. The zero-order valence-corrected chi connectivity index (χ0v) is 15.3. The largest absolute Gasteiger partial charge is 0.481 e. The Balaban J connectivity index is 3.66. The molecule has 0 spiro atoms. The Morgan fingerprint density at radius 1 is 0.880 bits per heavy atom. The fourth-order valence-corrected chi connectivity index (χ4v) is 2.43. The second-order valence-corrected chi connectivity index (χ2v) is 6.31. The van der Waals surface area contributed by atoms with Crippen LogP contribution in [0.1, 0.15) is 84.0 Å². The number of carboxylic acids is 2. The first-order chi connectivity index (χ1) is 12.0. The van der Waals surface area contributed by atoms with E-state index < -0.39 is 18.0 Å². The van der Waals surface area contributed by atoms with E-state index in [9.17, 15) is 14.4 Å². The Kier molecular flexibility index (Phi) is 14.5. The molecule has 0 aromatic carbocycles. The molecule has 1 atom stereocenters. The molecule has 0 heterocycles. The number of hydrogen-bond donors (Lipinski definition) is 3. The van der Waals surface area contributed by atoms with Crippen molar-refractivity contribution < 1.29 is 24.6 Å². The lowest BCUT2D eigenvalue weighted by molar-refractivity contribution is -0.143. The van der Waals surface area contributed by atoms with Crippen molar-refractivity contribution in [3.05, 3.63) is 12.2 Å². The fourth-order valence-electron chi connectivity index (χ4n) is 2.43. The Hall–Kier alpha value is -1.85. The highest BCUT2D eigenvalue weighted by atomic mass is 16.4. The highest BCUT2D eigenvalue weighted by Crippen LogP contribution is 2.09. The summed E-state index contributed by atoms with van der Waals surface area (Å²) in [5.74, 6) is -2.58. The molecule has 6 nitrogen and oxygen atoms in total. The van der Waals surface area contributed by atoms with E-state index in [1.807, 2.05) is 0 Å². The van der Waals surface area contributed by atoms with Gasteiger partial charge in [0.25, 0.3) is 0 Å². The van der Waals surface area contributed by atoms with Crippen molar-refractivity contribution in [2.75, 3.05) is 0 Å². The van der Waals surface area contributed by atoms with Crippen LogP contribution in [-0.2, 0) is 14.4 Å². The number of amides is 1. The van der Waals surface area contributed by atoms with Crippen LogP contribution in [0.3, 0.4) is 0 Å². The van der Waals surface area contributed by atoms with Crippen LogP contribution in [0.4, 0.5) is 0 Å². The van der Waals surface area contributed by atoms with Crippen molar-refractivity contribution in [2.24, 2.45) is 0 Å². The number of hydrogen-bond acceptors (Lipinski definition) is 3. The van der Waals surface area contributed by atoms with Gasteiger partial charge >= 0.3 is 11.9 Å². The second kappa shape index (κ2) is 15.7. The van der Waals surface area contributed by atoms with Crippen molar-refractivity contribution in [3.63, 3.8) is 0 Å². The smallest absolute Gasteiger partial charge is 0.326 e. The van der Waals surface area contributed by atoms with Gasteiger partial charge in [-0.2, -0.15) is 0 Å². The number of allylic oxidation sites excluding steroid dienone is 2. The summed E-state index contributed by atoms with van der Waals surface area (Å²) in [4.78, 5) is 33.2. The molecule has 0 saturated heterocycles. The number of aliphatic carboxylic acids is 2. The average molecular weight is 355 g/mol. The highest BCUT2D eigenvalue weighted by molar-refractivity contribution is 5.83. The summed E-state index contributed by atoms with van der Waals surface area (Å²) >= 11 is 0. The molecule has 0 aromatic rings. The van der Waals surface area contributed by atoms with E-state index in [-0.39, 0.29) is 25.2 Å². The molecular formula is C19H33NO5. The van der Waals surface area contributed by atoms with Crippen LogP contribution in [0.5, 0.6) is 0 Å². The van der Waals surface area contributed by atoms with Gasteiger partial charge in [-0.1, -0.05) is 51.2 Å². The zero-order chi connectivity index (χ0) is 18.9. The molecule has 0 aliphatic rings. The molecule has 0 unspecified atom stereocenters. The first-order valence-corrected chi connectivity index (χ1v) is 9.36. The van der Waals surface area contributed by atoms with E-state index in [1.54, 1.807) is 0 Å². The highest BCUT2D eigenvalue weighted by Gasteiger charge is 2.20. The van der Waals surface area contributed by atoms with Gasteiger partial charge in [-0.05, 0) is 32.1 Å². The quantitative estimate of drug-likeness (QED) is 0.288. The number of nitrogens with one attached hydrogen (secondary N) is 1. The maximum atomic E-state index is 11.7. The minimum atomic E-state index is -1.19. The van der Waals surface area contributed by atoms with E-state index in [0.29, 0.717) is 0 Å². The lowest BCUT2D eigenvalue weighted by Gasteiger charge is -2.13. The number of unbranched alkanes of at least 4 members (excludes halogenated alkanes) is 7. The van der Waals surface area contributed by atoms with Crippen LogP contribution in [0.25, 0.3) is 0 Å². The standard InChI is InChI=1S/C19H33NO5/c1-2-3-4-5-6-7-8-9-10-11-12-13-17(21)20-16(19(24)25)14-15-18(22)23/h5-6,16H,2-4,7-15H2,1H3,(H,20,21)(H,22,23)(H,24,25)/b6-5-/t16-/m0/s1. The summed E-state index contributed by atoms with van der Waals surface area (Å²) in [6.07, 6.45) is 14.2. The second-order valence-electron chi connectivity index (χ2n) is 6.31. The molecule has 1 amide bonds. The number of carboxylic acid groups (broad SMARTS) is 2. The Morgan fingerprint density at radius 2 is 1.48 bits per heavy atom. The van der Waals surface area contributed by atoms with Gasteiger partial charge in [-0.3, -0.25) is 9.59 Å². The van der Waals surface area contributed by atoms with Crippen molar-refractivity contribution in [1.82, 2.24) is 5.32 Å². The molecular weight excluding hydrogens is 322 g/mol. The van der Waals surface area contributed by atoms with Crippen molar-refractivity contribution in [3.8, 4) is 0 Å². The first-order valence-electron chi connectivity index (χ1n) is 9.36. The van der Waals surface area contributed by atoms with Gasteiger partial charge in [0.2, 0.25) is 5.91 Å². The minimum absolute atomic E-state index is 0.0951. The maximum absolute atomic E-state index is 11.7. The molecule has 0 fully saturated rings. The van der Waals surface area contributed by atoms with Crippen LogP contribution in [0.2, 0.25) is 0 Å². The lowest BCUT2D eigenvalue weighted by atomic mass is 10.1. The van der Waals surface area contributed by atoms with Crippen molar-refractivity contribution >= 4 is 17.8 Å². The van der Waals surface area contributed by atoms with Gasteiger partial charge < -0.3 is 15.5 Å². The van der Waals surface area contributed by atoms with Crippen molar-refractivity contribution in [2.45, 2.75) is 90.0 Å². The fraction of sp³-hybridized carbons (Fsp3) is 0.737. The molecule has 0 bridgehead atoms. The van der Waals surface area contributed by atoms with Crippen LogP contribution >= 0.6 is 0 Å². The van der Waals surface area contributed by atoms with Gasteiger partial charge in [0.05, 0.1) is 0 Å². The van der Waals surface area contributed by atoms with E-state index in [2.05, 4.69) is 24.4 Å². The molecule has 0 rings (SSSR count). The van der Waals surface area contributed by atoms with Crippen LogP contribution in [0.15, 0.2) is 12.2 Å². The molecule has 6 heteroatoms. The summed E-state index contributed by atoms with van der Waals surface area (Å²) in [7, 11) is 0. The Morgan fingerprint density at radius 3 is 2.08 bits per heavy atom. The molecule has 0 saturated carbocycles. The molecule has 0 aliphatic heterocycles. The van der Waals surface area contributed by atoms with Gasteiger partial charge in [-0.15, -0.1) is 0 Å². The third-order valence-electron chi connectivity index (χ3n) is 3.95. The maximum Gasteiger partial charge on any atom is 0.326 e. The molecule has 0 aliphatic carbocycles. The topological polar surface area (TPSA) is 104 Å². The molecule has 144 valence electrons. The van der Waals surface area contributed by atoms with E-state index in [0.717, 1.165) is 44.9 Å². The minimum Gasteiger partial charge on any atom is -0.481 e. The monoisotopic (exact) mass is 355 g/mol. The first kappa shape index (κ1) is 23.1. The van der Waals surface area contributed by atoms with Gasteiger partial charge in [-0.25, -0.2) is 4.79 Å². The normalized spacial score (nSPS) is 12.2. The molecule has 3 N–H and O–H groups in total.